The van der Waals surface area contributed by atoms with Crippen molar-refractivity contribution < 1.29 is 9.90 Å². The second-order valence-corrected chi connectivity index (χ2v) is 5.73. The number of carbonyl (C=O) groups is 1. The van der Waals surface area contributed by atoms with Gasteiger partial charge in [0.1, 0.15) is 0 Å². The molecule has 0 aliphatic heterocycles. The molecule has 0 atom stereocenters. The Labute approximate surface area is 130 Å². The number of halogens is 1. The van der Waals surface area contributed by atoms with Crippen molar-refractivity contribution in [1.82, 2.24) is 0 Å². The molecule has 3 nitrogen and oxygen atoms in total. The maximum absolute atomic E-state index is 12.3. The Hall–Kier alpha value is -1.50. The van der Waals surface area contributed by atoms with Crippen LogP contribution in [-0.2, 0) is 4.79 Å². The average Bonchev–Trinajstić information content (AvgIpc) is 2.51. The van der Waals surface area contributed by atoms with Crippen LogP contribution in [0.15, 0.2) is 18.2 Å². The minimum atomic E-state index is 0.0251. The van der Waals surface area contributed by atoms with Gasteiger partial charge in [-0.25, -0.2) is 0 Å². The number of rotatable bonds is 3. The smallest absolute Gasteiger partial charge is 0.227 e. The van der Waals surface area contributed by atoms with E-state index in [2.05, 4.69) is 17.2 Å². The highest BCUT2D eigenvalue weighted by Gasteiger charge is 2.21. The lowest BCUT2D eigenvalue weighted by Crippen LogP contribution is -2.25. The van der Waals surface area contributed by atoms with Gasteiger partial charge >= 0.3 is 0 Å². The van der Waals surface area contributed by atoms with Gasteiger partial charge in [-0.2, -0.15) is 0 Å². The summed E-state index contributed by atoms with van der Waals surface area (Å²) in [6.45, 7) is 0.0251. The molecule has 2 N–H and O–H groups in total. The number of amides is 1. The summed E-state index contributed by atoms with van der Waals surface area (Å²) in [5.41, 5.74) is 1.39. The maximum atomic E-state index is 12.3. The van der Waals surface area contributed by atoms with Crippen molar-refractivity contribution in [3.05, 3.63) is 28.8 Å². The van der Waals surface area contributed by atoms with Gasteiger partial charge in [-0.1, -0.05) is 42.7 Å². The summed E-state index contributed by atoms with van der Waals surface area (Å²) in [6, 6.07) is 5.27. The molecule has 1 saturated carbocycles. The van der Waals surface area contributed by atoms with E-state index < -0.39 is 0 Å². The Kier molecular flexibility index (Phi) is 6.10. The molecular weight excluding hydrogens is 286 g/mol. The van der Waals surface area contributed by atoms with Gasteiger partial charge < -0.3 is 10.4 Å². The highest BCUT2D eigenvalue weighted by Crippen LogP contribution is 2.26. The zero-order valence-corrected chi connectivity index (χ0v) is 12.7. The van der Waals surface area contributed by atoms with Gasteiger partial charge in [-0.3, -0.25) is 4.79 Å². The predicted octanol–water partition coefficient (Wildman–Crippen LogP) is 3.59. The Bertz CT molecular complexity index is 554. The average molecular weight is 306 g/mol. The number of carbonyl (C=O) groups excluding carboxylic acids is 1. The third kappa shape index (κ3) is 4.77. The van der Waals surface area contributed by atoms with Crippen molar-refractivity contribution in [2.75, 3.05) is 11.9 Å². The van der Waals surface area contributed by atoms with E-state index in [1.165, 1.54) is 6.42 Å². The molecule has 1 amide bonds. The van der Waals surface area contributed by atoms with Gasteiger partial charge in [0.2, 0.25) is 5.91 Å². The molecule has 2 rings (SSSR count). The maximum Gasteiger partial charge on any atom is 0.227 e. The molecule has 1 aliphatic carbocycles. The van der Waals surface area contributed by atoms with E-state index in [0.29, 0.717) is 22.7 Å². The Morgan fingerprint density at radius 1 is 1.33 bits per heavy atom. The molecule has 0 saturated heterocycles. The molecule has 0 heterocycles. The molecule has 1 fully saturated rings. The highest BCUT2D eigenvalue weighted by atomic mass is 35.5. The van der Waals surface area contributed by atoms with Crippen LogP contribution in [0.4, 0.5) is 5.69 Å². The summed E-state index contributed by atoms with van der Waals surface area (Å²) in [5.74, 6) is 5.99. The minimum Gasteiger partial charge on any atom is -0.395 e. The fraction of sp³-hybridized carbons (Fsp3) is 0.471. The van der Waals surface area contributed by atoms with Crippen molar-refractivity contribution in [1.29, 1.82) is 0 Å². The molecule has 0 radical (unpaired) electrons. The largest absolute Gasteiger partial charge is 0.395 e. The molecule has 0 unspecified atom stereocenters. The molecule has 4 heteroatoms. The zero-order chi connectivity index (χ0) is 15.1. The summed E-state index contributed by atoms with van der Waals surface area (Å²) in [6.07, 6.45) is 5.81. The lowest BCUT2D eigenvalue weighted by molar-refractivity contribution is -0.120. The molecule has 0 aromatic heterocycles. The summed E-state index contributed by atoms with van der Waals surface area (Å²) in [7, 11) is 0. The summed E-state index contributed by atoms with van der Waals surface area (Å²) in [4.78, 5) is 12.3. The van der Waals surface area contributed by atoms with Crippen LogP contribution in [0, 0.1) is 17.8 Å². The Balaban J connectivity index is 2.11. The Morgan fingerprint density at radius 2 is 2.10 bits per heavy atom. The van der Waals surface area contributed by atoms with Crippen molar-refractivity contribution in [3.63, 3.8) is 0 Å². The van der Waals surface area contributed by atoms with Crippen molar-refractivity contribution in [2.45, 2.75) is 38.5 Å². The fourth-order valence-corrected chi connectivity index (χ4v) is 2.71. The van der Waals surface area contributed by atoms with Crippen LogP contribution in [0.5, 0.6) is 0 Å². The van der Waals surface area contributed by atoms with Crippen LogP contribution < -0.4 is 5.32 Å². The van der Waals surface area contributed by atoms with Crippen molar-refractivity contribution >= 4 is 23.2 Å². The standard InChI is InChI=1S/C17H20ClNO2/c18-15-9-10-16(14(12-15)8-4-5-11-20)19-17(21)13-6-2-1-3-7-13/h9-10,12-13,20H,1-3,5-7,11H2,(H,19,21). The Morgan fingerprint density at radius 3 is 2.81 bits per heavy atom. The molecule has 0 spiro atoms. The molecule has 112 valence electrons. The quantitative estimate of drug-likeness (QED) is 0.838. The van der Waals surface area contributed by atoms with Crippen LogP contribution in [0.1, 0.15) is 44.1 Å². The van der Waals surface area contributed by atoms with E-state index in [-0.39, 0.29) is 18.4 Å². The van der Waals surface area contributed by atoms with Gasteiger partial charge in [0.15, 0.2) is 0 Å². The molecule has 21 heavy (non-hydrogen) atoms. The van der Waals surface area contributed by atoms with E-state index >= 15 is 0 Å². The van der Waals surface area contributed by atoms with Gasteiger partial charge in [0.05, 0.1) is 12.3 Å². The zero-order valence-electron chi connectivity index (χ0n) is 12.0. The second-order valence-electron chi connectivity index (χ2n) is 5.29. The first-order chi connectivity index (χ1) is 10.2. The second kappa shape index (κ2) is 8.07. The normalized spacial score (nSPS) is 15.1. The van der Waals surface area contributed by atoms with Crippen LogP contribution in [0.25, 0.3) is 0 Å². The number of hydrogen-bond donors (Lipinski definition) is 2. The minimum absolute atomic E-state index is 0.0251. The van der Waals surface area contributed by atoms with E-state index in [0.717, 1.165) is 25.7 Å². The van der Waals surface area contributed by atoms with Crippen LogP contribution in [-0.4, -0.2) is 17.6 Å². The number of hydrogen-bond acceptors (Lipinski definition) is 2. The first-order valence-electron chi connectivity index (χ1n) is 7.41. The third-order valence-corrected chi connectivity index (χ3v) is 3.91. The number of nitrogens with one attached hydrogen (secondary N) is 1. The third-order valence-electron chi connectivity index (χ3n) is 3.68. The van der Waals surface area contributed by atoms with Crippen molar-refractivity contribution in [3.8, 4) is 11.8 Å². The van der Waals surface area contributed by atoms with Gasteiger partial charge in [0.25, 0.3) is 0 Å². The fourth-order valence-electron chi connectivity index (χ4n) is 2.54. The van der Waals surface area contributed by atoms with Crippen LogP contribution >= 0.6 is 11.6 Å². The number of benzene rings is 1. The van der Waals surface area contributed by atoms with Gasteiger partial charge in [0, 0.05) is 22.9 Å². The molecule has 0 bridgehead atoms. The van der Waals surface area contributed by atoms with E-state index in [1.807, 2.05) is 0 Å². The lowest BCUT2D eigenvalue weighted by Gasteiger charge is -2.21. The van der Waals surface area contributed by atoms with Crippen LogP contribution in [0.2, 0.25) is 5.02 Å². The van der Waals surface area contributed by atoms with Gasteiger partial charge in [-0.15, -0.1) is 0 Å². The number of aliphatic hydroxyl groups is 1. The van der Waals surface area contributed by atoms with E-state index in [1.54, 1.807) is 18.2 Å². The topological polar surface area (TPSA) is 49.3 Å². The number of aliphatic hydroxyl groups excluding tert-OH is 1. The lowest BCUT2D eigenvalue weighted by atomic mass is 9.88. The first kappa shape index (κ1) is 15.9. The summed E-state index contributed by atoms with van der Waals surface area (Å²) in [5, 5.41) is 12.3. The predicted molar refractivity (Wildman–Crippen MR) is 85.2 cm³/mol. The van der Waals surface area contributed by atoms with E-state index in [9.17, 15) is 4.79 Å². The molecular formula is C17H20ClNO2. The van der Waals surface area contributed by atoms with Crippen molar-refractivity contribution in [2.24, 2.45) is 5.92 Å². The monoisotopic (exact) mass is 305 g/mol. The number of anilines is 1. The summed E-state index contributed by atoms with van der Waals surface area (Å²) < 4.78 is 0. The SMILES string of the molecule is O=C(Nc1ccc(Cl)cc1C#CCCO)C1CCCCC1. The molecule has 1 aromatic carbocycles. The molecule has 1 aliphatic rings. The summed E-state index contributed by atoms with van der Waals surface area (Å²) >= 11 is 5.98. The highest BCUT2D eigenvalue weighted by molar-refractivity contribution is 6.30. The first-order valence-corrected chi connectivity index (χ1v) is 7.78. The van der Waals surface area contributed by atoms with Gasteiger partial charge in [-0.05, 0) is 31.0 Å². The van der Waals surface area contributed by atoms with E-state index in [4.69, 9.17) is 16.7 Å². The molecule has 1 aromatic rings. The van der Waals surface area contributed by atoms with Crippen LogP contribution in [0.3, 0.4) is 0 Å².